The predicted octanol–water partition coefficient (Wildman–Crippen LogP) is 11.4. The van der Waals surface area contributed by atoms with Crippen molar-refractivity contribution in [1.29, 1.82) is 0 Å². The monoisotopic (exact) mass is 595 g/mol. The lowest BCUT2D eigenvalue weighted by atomic mass is 9.70. The summed E-state index contributed by atoms with van der Waals surface area (Å²) in [5.74, 6) is -0.575. The maximum absolute atomic E-state index is 14.4. The lowest BCUT2D eigenvalue weighted by Crippen LogP contribution is -2.26. The zero-order valence-corrected chi connectivity index (χ0v) is 24.8. The fraction of sp³-hybridized carbons (Fsp3) is 0.0233. The number of benzene rings is 7. The van der Waals surface area contributed by atoms with Gasteiger partial charge in [-0.25, -0.2) is 8.78 Å². The van der Waals surface area contributed by atoms with Gasteiger partial charge in [-0.1, -0.05) is 115 Å². The first-order valence-corrected chi connectivity index (χ1v) is 15.5. The van der Waals surface area contributed by atoms with Crippen LogP contribution in [0.15, 0.2) is 164 Å². The molecule has 0 unspecified atom stereocenters. The Morgan fingerprint density at radius 2 is 0.826 bits per heavy atom. The SMILES string of the molecule is Fc1ccc(-c2ccccc2N(c2ccc(F)cc2)c2cccc3c2-c2ccccc2C32c3ccccc3-c3ccccc32)cc1. The van der Waals surface area contributed by atoms with Crippen molar-refractivity contribution in [3.05, 3.63) is 198 Å². The standard InChI is InChI=1S/C43H27F2N/c44-29-22-20-28(21-23-29)32-10-4-8-18-40(32)46(31-26-24-30(45)25-27-31)41-19-9-17-39-42(41)35-13-3-7-16-38(35)43(39)36-14-5-1-11-33(36)34-12-2-6-15-37(34)43/h1-27H. The van der Waals surface area contributed by atoms with Crippen molar-refractivity contribution in [1.82, 2.24) is 0 Å². The van der Waals surface area contributed by atoms with E-state index in [0.717, 1.165) is 33.8 Å². The molecule has 0 atom stereocenters. The first-order chi connectivity index (χ1) is 22.7. The first-order valence-electron chi connectivity index (χ1n) is 15.5. The third-order valence-corrected chi connectivity index (χ3v) is 9.63. The molecule has 7 aromatic rings. The van der Waals surface area contributed by atoms with E-state index in [0.29, 0.717) is 0 Å². The summed E-state index contributed by atoms with van der Waals surface area (Å²) in [5.41, 5.74) is 13.9. The van der Waals surface area contributed by atoms with Crippen LogP contribution >= 0.6 is 0 Å². The minimum Gasteiger partial charge on any atom is -0.309 e. The van der Waals surface area contributed by atoms with Crippen LogP contribution in [0.5, 0.6) is 0 Å². The molecule has 2 aliphatic rings. The summed E-state index contributed by atoms with van der Waals surface area (Å²) in [6.45, 7) is 0. The third-order valence-electron chi connectivity index (χ3n) is 9.63. The number of para-hydroxylation sites is 1. The molecule has 46 heavy (non-hydrogen) atoms. The molecule has 9 rings (SSSR count). The molecule has 218 valence electrons. The molecule has 0 aromatic heterocycles. The molecule has 0 amide bonds. The minimum absolute atomic E-state index is 0.281. The summed E-state index contributed by atoms with van der Waals surface area (Å²) < 4.78 is 28.4. The van der Waals surface area contributed by atoms with Gasteiger partial charge >= 0.3 is 0 Å². The van der Waals surface area contributed by atoms with Crippen molar-refractivity contribution in [3.63, 3.8) is 0 Å². The lowest BCUT2D eigenvalue weighted by molar-refractivity contribution is 0.627. The van der Waals surface area contributed by atoms with E-state index >= 15 is 0 Å². The van der Waals surface area contributed by atoms with Crippen LogP contribution < -0.4 is 4.90 Å². The fourth-order valence-electron chi connectivity index (χ4n) is 7.85. The van der Waals surface area contributed by atoms with E-state index in [-0.39, 0.29) is 11.6 Å². The molecule has 0 N–H and O–H groups in total. The highest BCUT2D eigenvalue weighted by Crippen LogP contribution is 2.64. The Bertz CT molecular complexity index is 2240. The molecule has 0 fully saturated rings. The largest absolute Gasteiger partial charge is 0.309 e. The molecule has 0 aliphatic heterocycles. The van der Waals surface area contributed by atoms with Crippen LogP contribution in [0.4, 0.5) is 25.8 Å². The molecule has 0 heterocycles. The van der Waals surface area contributed by atoms with E-state index in [2.05, 4.69) is 108 Å². The molecule has 0 bridgehead atoms. The Morgan fingerprint density at radius 3 is 1.46 bits per heavy atom. The van der Waals surface area contributed by atoms with Gasteiger partial charge in [-0.05, 0) is 93.0 Å². The van der Waals surface area contributed by atoms with Gasteiger partial charge in [-0.3, -0.25) is 0 Å². The second-order valence-electron chi connectivity index (χ2n) is 11.9. The Kier molecular flexibility index (Phi) is 5.85. The van der Waals surface area contributed by atoms with E-state index < -0.39 is 5.41 Å². The highest BCUT2D eigenvalue weighted by molar-refractivity contribution is 6.02. The van der Waals surface area contributed by atoms with E-state index in [1.807, 2.05) is 36.4 Å². The van der Waals surface area contributed by atoms with Crippen LogP contribution in [0.3, 0.4) is 0 Å². The molecule has 0 saturated carbocycles. The summed E-state index contributed by atoms with van der Waals surface area (Å²) in [7, 11) is 0. The molecule has 1 spiro atoms. The van der Waals surface area contributed by atoms with Crippen molar-refractivity contribution in [2.24, 2.45) is 0 Å². The molecule has 1 nitrogen and oxygen atoms in total. The lowest BCUT2D eigenvalue weighted by Gasteiger charge is -2.32. The number of hydrogen-bond acceptors (Lipinski definition) is 1. The maximum Gasteiger partial charge on any atom is 0.123 e. The number of hydrogen-bond donors (Lipinski definition) is 0. The number of nitrogens with zero attached hydrogens (tertiary/aromatic N) is 1. The van der Waals surface area contributed by atoms with Crippen LogP contribution in [-0.4, -0.2) is 0 Å². The van der Waals surface area contributed by atoms with Crippen LogP contribution in [0, 0.1) is 11.6 Å². The number of halogens is 2. The summed E-state index contributed by atoms with van der Waals surface area (Å²) in [5, 5.41) is 0. The Morgan fingerprint density at radius 1 is 0.370 bits per heavy atom. The first kappa shape index (κ1) is 26.6. The summed E-state index contributed by atoms with van der Waals surface area (Å²) >= 11 is 0. The van der Waals surface area contributed by atoms with E-state index in [9.17, 15) is 8.78 Å². The normalized spacial score (nSPS) is 13.2. The molecular weight excluding hydrogens is 568 g/mol. The van der Waals surface area contributed by atoms with Gasteiger partial charge in [0, 0.05) is 16.8 Å². The van der Waals surface area contributed by atoms with Crippen molar-refractivity contribution in [2.75, 3.05) is 4.90 Å². The molecular formula is C43H27F2N. The summed E-state index contributed by atoms with van der Waals surface area (Å²) in [6, 6.07) is 54.3. The van der Waals surface area contributed by atoms with Gasteiger partial charge in [0.1, 0.15) is 11.6 Å². The third kappa shape index (κ3) is 3.66. The van der Waals surface area contributed by atoms with E-state index in [4.69, 9.17) is 0 Å². The van der Waals surface area contributed by atoms with Crippen LogP contribution in [0.2, 0.25) is 0 Å². The average Bonchev–Trinajstić information content (AvgIpc) is 3.58. The number of fused-ring (bicyclic) bond motifs is 10. The number of rotatable bonds is 4. The summed E-state index contributed by atoms with van der Waals surface area (Å²) in [4.78, 5) is 2.22. The zero-order valence-electron chi connectivity index (χ0n) is 24.8. The molecule has 3 heteroatoms. The van der Waals surface area contributed by atoms with Gasteiger partial charge in [0.2, 0.25) is 0 Å². The fourth-order valence-corrected chi connectivity index (χ4v) is 7.85. The van der Waals surface area contributed by atoms with Gasteiger partial charge in [-0.15, -0.1) is 0 Å². The van der Waals surface area contributed by atoms with Crippen LogP contribution in [0.25, 0.3) is 33.4 Å². The molecule has 2 aliphatic carbocycles. The molecule has 0 saturated heterocycles. The van der Waals surface area contributed by atoms with Crippen molar-refractivity contribution >= 4 is 17.1 Å². The average molecular weight is 596 g/mol. The van der Waals surface area contributed by atoms with E-state index in [1.165, 1.54) is 63.2 Å². The highest BCUT2D eigenvalue weighted by atomic mass is 19.1. The van der Waals surface area contributed by atoms with Gasteiger partial charge in [0.15, 0.2) is 0 Å². The smallest absolute Gasteiger partial charge is 0.123 e. The van der Waals surface area contributed by atoms with Crippen molar-refractivity contribution in [2.45, 2.75) is 5.41 Å². The Balaban J connectivity index is 1.38. The summed E-state index contributed by atoms with van der Waals surface area (Å²) in [6.07, 6.45) is 0. The van der Waals surface area contributed by atoms with Gasteiger partial charge in [0.25, 0.3) is 0 Å². The van der Waals surface area contributed by atoms with Gasteiger partial charge < -0.3 is 4.90 Å². The topological polar surface area (TPSA) is 3.24 Å². The Hall–Kier alpha value is -5.80. The van der Waals surface area contributed by atoms with Gasteiger partial charge in [-0.2, -0.15) is 0 Å². The molecule has 7 aromatic carbocycles. The van der Waals surface area contributed by atoms with Gasteiger partial charge in [0.05, 0.1) is 16.8 Å². The van der Waals surface area contributed by atoms with E-state index in [1.54, 1.807) is 0 Å². The van der Waals surface area contributed by atoms with Crippen LogP contribution in [0.1, 0.15) is 22.3 Å². The maximum atomic E-state index is 14.4. The minimum atomic E-state index is -0.486. The predicted molar refractivity (Wildman–Crippen MR) is 183 cm³/mol. The Labute approximate surface area is 266 Å². The zero-order chi connectivity index (χ0) is 30.8. The van der Waals surface area contributed by atoms with Crippen LogP contribution in [-0.2, 0) is 5.41 Å². The second kappa shape index (κ2) is 10.1. The van der Waals surface area contributed by atoms with Crippen molar-refractivity contribution < 1.29 is 8.78 Å². The number of anilines is 3. The van der Waals surface area contributed by atoms with Crippen molar-refractivity contribution in [3.8, 4) is 33.4 Å². The quantitative estimate of drug-likeness (QED) is 0.196. The highest BCUT2D eigenvalue weighted by Gasteiger charge is 2.52. The second-order valence-corrected chi connectivity index (χ2v) is 11.9. The molecule has 0 radical (unpaired) electrons.